The summed E-state index contributed by atoms with van der Waals surface area (Å²) in [6.07, 6.45) is -12.5. The minimum atomic E-state index is -6.27. The third kappa shape index (κ3) is 4.62. The lowest BCUT2D eigenvalue weighted by Crippen LogP contribution is -2.50. The van der Waals surface area contributed by atoms with Crippen molar-refractivity contribution in [1.29, 1.82) is 0 Å². The largest absolute Gasteiger partial charge is 0.435 e. The van der Waals surface area contributed by atoms with Gasteiger partial charge in [-0.1, -0.05) is 6.07 Å². The molecule has 1 amide bonds. The molecule has 0 radical (unpaired) electrons. The van der Waals surface area contributed by atoms with Gasteiger partial charge >= 0.3 is 18.0 Å². The summed E-state index contributed by atoms with van der Waals surface area (Å²) < 4.78 is 91.4. The van der Waals surface area contributed by atoms with Crippen molar-refractivity contribution in [3.05, 3.63) is 64.8 Å². The van der Waals surface area contributed by atoms with Gasteiger partial charge in [0.25, 0.3) is 11.6 Å². The lowest BCUT2D eigenvalue weighted by Gasteiger charge is -2.31. The van der Waals surface area contributed by atoms with Crippen molar-refractivity contribution in [3.63, 3.8) is 0 Å². The predicted molar refractivity (Wildman–Crippen MR) is 108 cm³/mol. The van der Waals surface area contributed by atoms with Crippen molar-refractivity contribution >= 4 is 62.5 Å². The molecule has 2 rings (SSSR count). The van der Waals surface area contributed by atoms with Crippen molar-refractivity contribution in [2.75, 3.05) is 5.32 Å². The summed E-state index contributed by atoms with van der Waals surface area (Å²) in [5, 5.41) is 13.0. The molecule has 0 saturated carbocycles. The number of rotatable bonds is 4. The van der Waals surface area contributed by atoms with E-state index in [-0.39, 0.29) is 18.4 Å². The van der Waals surface area contributed by atoms with E-state index in [9.17, 15) is 45.6 Å². The van der Waals surface area contributed by atoms with Gasteiger partial charge < -0.3 is 5.32 Å². The number of benzene rings is 2. The van der Waals surface area contributed by atoms with Crippen molar-refractivity contribution < 1.29 is 40.5 Å². The molecule has 0 unspecified atom stereocenters. The number of hydrogen-bond acceptors (Lipinski definition) is 3. The summed E-state index contributed by atoms with van der Waals surface area (Å²) in [6, 6.07) is 5.14. The van der Waals surface area contributed by atoms with E-state index in [0.29, 0.717) is 12.1 Å². The summed E-state index contributed by atoms with van der Waals surface area (Å²) in [5.74, 6) is -0.902. The molecule has 0 aliphatic rings. The van der Waals surface area contributed by atoms with E-state index < -0.39 is 40.1 Å². The van der Waals surface area contributed by atoms with Crippen LogP contribution in [0.5, 0.6) is 0 Å². The Bertz CT molecular complexity index is 972. The summed E-state index contributed by atoms with van der Waals surface area (Å²) in [7, 11) is 0. The number of halogens is 9. The minimum Gasteiger partial charge on any atom is -0.320 e. The predicted octanol–water partition coefficient (Wildman–Crippen LogP) is 6.35. The minimum absolute atomic E-state index is 0.176. The first kappa shape index (κ1) is 24.5. The van der Waals surface area contributed by atoms with Crippen LogP contribution in [0.3, 0.4) is 0 Å². The number of alkyl halides is 7. The number of hydrogen-bond donors (Lipinski definition) is 1. The van der Waals surface area contributed by atoms with Crippen LogP contribution in [0.1, 0.15) is 15.9 Å². The maximum absolute atomic E-state index is 14.3. The molecular formula is C16H7F7I2N2O3. The zero-order valence-electron chi connectivity index (χ0n) is 14.0. The number of nitrogens with one attached hydrogen (secondary N) is 1. The Morgan fingerprint density at radius 3 is 1.87 bits per heavy atom. The molecule has 0 spiro atoms. The van der Waals surface area contributed by atoms with Crippen molar-refractivity contribution in [2.24, 2.45) is 0 Å². The van der Waals surface area contributed by atoms with Crippen molar-refractivity contribution in [3.8, 4) is 0 Å². The number of carbonyl (C=O) groups is 1. The smallest absolute Gasteiger partial charge is 0.320 e. The van der Waals surface area contributed by atoms with Gasteiger partial charge in [0, 0.05) is 30.4 Å². The molecule has 0 fully saturated rings. The number of nitro benzene ring substituents is 1. The van der Waals surface area contributed by atoms with Crippen LogP contribution >= 0.6 is 45.2 Å². The molecule has 0 saturated heterocycles. The van der Waals surface area contributed by atoms with E-state index in [4.69, 9.17) is 0 Å². The highest BCUT2D eigenvalue weighted by atomic mass is 127. The normalized spacial score (nSPS) is 12.6. The molecule has 5 nitrogen and oxygen atoms in total. The van der Waals surface area contributed by atoms with Gasteiger partial charge in [-0.3, -0.25) is 14.9 Å². The first-order valence-corrected chi connectivity index (χ1v) is 9.63. The zero-order chi connectivity index (χ0) is 23.1. The van der Waals surface area contributed by atoms with Gasteiger partial charge in [0.05, 0.1) is 10.6 Å². The van der Waals surface area contributed by atoms with E-state index in [1.54, 1.807) is 0 Å². The van der Waals surface area contributed by atoms with E-state index in [2.05, 4.69) is 5.32 Å². The first-order chi connectivity index (χ1) is 13.6. The fraction of sp³-hybridized carbons (Fsp3) is 0.188. The molecule has 14 heteroatoms. The van der Waals surface area contributed by atoms with Crippen LogP contribution in [0, 0.1) is 17.3 Å². The molecule has 162 valence electrons. The molecule has 2 aromatic carbocycles. The lowest BCUT2D eigenvalue weighted by molar-refractivity contribution is -0.384. The van der Waals surface area contributed by atoms with E-state index >= 15 is 0 Å². The Labute approximate surface area is 190 Å². The Hall–Kier alpha value is -1.72. The summed E-state index contributed by atoms with van der Waals surface area (Å²) in [6.45, 7) is 0. The van der Waals surface area contributed by atoms with Gasteiger partial charge in [-0.15, -0.1) is 0 Å². The van der Waals surface area contributed by atoms with Crippen LogP contribution < -0.4 is 5.32 Å². The maximum atomic E-state index is 14.3. The number of non-ortho nitro benzene ring substituents is 1. The van der Waals surface area contributed by atoms with Gasteiger partial charge in [0.2, 0.25) is 0 Å². The topological polar surface area (TPSA) is 72.2 Å². The van der Waals surface area contributed by atoms with Gasteiger partial charge in [0.1, 0.15) is 0 Å². The number of nitrogens with zero attached hydrogens (tertiary/aromatic N) is 1. The highest BCUT2D eigenvalue weighted by Crippen LogP contribution is 2.54. The maximum Gasteiger partial charge on any atom is 0.435 e. The molecule has 0 atom stereocenters. The average molecular weight is 662 g/mol. The van der Waals surface area contributed by atoms with E-state index in [1.807, 2.05) is 0 Å². The van der Waals surface area contributed by atoms with Crippen LogP contribution in [0.4, 0.5) is 42.1 Å². The fourth-order valence-corrected chi connectivity index (χ4v) is 4.36. The number of nitro groups is 1. The molecule has 0 aliphatic heterocycles. The quantitative estimate of drug-likeness (QED) is 0.180. The van der Waals surface area contributed by atoms with Gasteiger partial charge in [-0.05, 0) is 63.4 Å². The zero-order valence-corrected chi connectivity index (χ0v) is 18.4. The Balaban J connectivity index is 2.48. The van der Waals surface area contributed by atoms with Crippen LogP contribution in [0.25, 0.3) is 0 Å². The monoisotopic (exact) mass is 662 g/mol. The number of amides is 1. The van der Waals surface area contributed by atoms with Gasteiger partial charge in [-0.25, -0.2) is 4.39 Å². The van der Waals surface area contributed by atoms with Crippen LogP contribution in [-0.2, 0) is 5.67 Å². The SMILES string of the molecule is O=C(Nc1c(I)cc(C(F)(C(F)(F)F)C(F)(F)F)cc1I)c1cccc([N+](=O)[O-])c1. The number of anilines is 1. The Morgan fingerprint density at radius 1 is 0.933 bits per heavy atom. The molecular weight excluding hydrogens is 655 g/mol. The summed E-state index contributed by atoms with van der Waals surface area (Å²) >= 11 is 2.70. The second kappa shape index (κ2) is 8.43. The second-order valence-electron chi connectivity index (χ2n) is 5.73. The fourth-order valence-electron chi connectivity index (χ4n) is 2.33. The highest BCUT2D eigenvalue weighted by Gasteiger charge is 2.73. The van der Waals surface area contributed by atoms with E-state index in [1.165, 1.54) is 57.3 Å². The lowest BCUT2D eigenvalue weighted by atomic mass is 9.94. The third-order valence-electron chi connectivity index (χ3n) is 3.78. The molecule has 0 aliphatic carbocycles. The molecule has 0 heterocycles. The van der Waals surface area contributed by atoms with Crippen molar-refractivity contribution in [1.82, 2.24) is 0 Å². The molecule has 30 heavy (non-hydrogen) atoms. The Morgan fingerprint density at radius 2 is 1.43 bits per heavy atom. The number of carbonyl (C=O) groups excluding carboxylic acids is 1. The van der Waals surface area contributed by atoms with E-state index in [0.717, 1.165) is 12.1 Å². The van der Waals surface area contributed by atoms with Crippen LogP contribution in [0.15, 0.2) is 36.4 Å². The molecule has 2 aromatic rings. The van der Waals surface area contributed by atoms with Gasteiger partial charge in [-0.2, -0.15) is 26.3 Å². The van der Waals surface area contributed by atoms with Crippen LogP contribution in [-0.4, -0.2) is 23.2 Å². The van der Waals surface area contributed by atoms with Crippen LogP contribution in [0.2, 0.25) is 0 Å². The molecule has 0 aromatic heterocycles. The molecule has 0 bridgehead atoms. The summed E-state index contributed by atoms with van der Waals surface area (Å²) in [5.41, 5.74) is -8.05. The standard InChI is InChI=1S/C16H7F7I2N2O3/c17-14(15(18,19)20,16(21,22)23)8-5-10(24)12(11(25)6-8)26-13(28)7-2-1-3-9(4-7)27(29)30/h1-6H,(H,26,28). The molecule has 1 N–H and O–H groups in total. The third-order valence-corrected chi connectivity index (χ3v) is 5.48. The first-order valence-electron chi connectivity index (χ1n) is 7.47. The van der Waals surface area contributed by atoms with Crippen molar-refractivity contribution in [2.45, 2.75) is 18.0 Å². The summed E-state index contributed by atoms with van der Waals surface area (Å²) in [4.78, 5) is 22.4. The average Bonchev–Trinajstić information content (AvgIpc) is 2.61. The second-order valence-corrected chi connectivity index (χ2v) is 8.05. The highest BCUT2D eigenvalue weighted by molar-refractivity contribution is 14.1. The Kier molecular flexibility index (Phi) is 6.90. The van der Waals surface area contributed by atoms with Gasteiger partial charge in [0.15, 0.2) is 0 Å².